The predicted molar refractivity (Wildman–Crippen MR) is 74.0 cm³/mol. The number of halogens is 2. The van der Waals surface area contributed by atoms with Crippen LogP contribution in [0.25, 0.3) is 0 Å². The molecule has 1 aromatic carbocycles. The van der Waals surface area contributed by atoms with Crippen LogP contribution in [0.5, 0.6) is 11.5 Å². The third kappa shape index (κ3) is 8.61. The van der Waals surface area contributed by atoms with Gasteiger partial charge in [-0.3, -0.25) is 0 Å². The summed E-state index contributed by atoms with van der Waals surface area (Å²) in [6, 6.07) is 6.57. The first-order valence-electron chi connectivity index (χ1n) is 3.80. The molecule has 0 aliphatic rings. The molecule has 2 nitrogen and oxygen atoms in total. The number of hydrogen-bond donors (Lipinski definition) is 1. The molecule has 0 aromatic heterocycles. The molecule has 1 rings (SSSR count). The first-order chi connectivity index (χ1) is 6.33. The quantitative estimate of drug-likeness (QED) is 0.707. The van der Waals surface area contributed by atoms with E-state index in [4.69, 9.17) is 9.84 Å². The molecule has 76 valence electrons. The van der Waals surface area contributed by atoms with Gasteiger partial charge in [-0.05, 0) is 24.3 Å². The number of phenols is 1. The van der Waals surface area contributed by atoms with E-state index in [2.05, 4.69) is 37.2 Å². The summed E-state index contributed by atoms with van der Waals surface area (Å²) in [5, 5.41) is 8.80. The zero-order chi connectivity index (χ0) is 10.7. The number of benzene rings is 1. The third-order valence-electron chi connectivity index (χ3n) is 1.07. The fourth-order valence-electron chi connectivity index (χ4n) is 0.582. The number of methoxy groups -OCH3 is 1. The highest BCUT2D eigenvalue weighted by molar-refractivity contribution is 15.0. The number of hydrogen-bond acceptors (Lipinski definition) is 2. The molecule has 1 aromatic rings. The van der Waals surface area contributed by atoms with Crippen LogP contribution in [0.3, 0.4) is 0 Å². The second-order valence-corrected chi connectivity index (χ2v) is 1.70. The van der Waals surface area contributed by atoms with Gasteiger partial charge in [0.05, 0.1) is 7.11 Å². The number of phenolic OH excluding ortho intramolecular Hbond substituents is 1. The van der Waals surface area contributed by atoms with Gasteiger partial charge in [-0.1, -0.05) is 13.8 Å². The zero-order valence-corrected chi connectivity index (χ0v) is 12.2. The molecule has 0 amide bonds. The highest BCUT2D eigenvalue weighted by Gasteiger charge is 1.87. The molecule has 0 fully saturated rings. The Kier molecular flexibility index (Phi) is 14.9. The topological polar surface area (TPSA) is 29.5 Å². The van der Waals surface area contributed by atoms with Gasteiger partial charge in [0.25, 0.3) is 0 Å². The van der Waals surface area contributed by atoms with E-state index in [1.807, 2.05) is 13.8 Å². The molecule has 0 bridgehead atoms. The summed E-state index contributed by atoms with van der Waals surface area (Å²) in [6.45, 7) is 4.00. The molecule has 0 radical (unpaired) electrons. The van der Waals surface area contributed by atoms with Crippen molar-refractivity contribution in [2.45, 2.75) is 13.8 Å². The van der Waals surface area contributed by atoms with Crippen molar-refractivity contribution in [1.82, 2.24) is 0 Å². The van der Waals surface area contributed by atoms with Gasteiger partial charge in [0.2, 0.25) is 0 Å². The van der Waals surface area contributed by atoms with E-state index in [0.717, 1.165) is 5.75 Å². The van der Waals surface area contributed by atoms with E-state index in [-0.39, 0.29) is 5.75 Å². The van der Waals surface area contributed by atoms with Crippen molar-refractivity contribution < 1.29 is 9.84 Å². The maximum absolute atomic E-state index is 8.80. The minimum Gasteiger partial charge on any atom is -0.508 e. The van der Waals surface area contributed by atoms with Crippen LogP contribution in [-0.4, -0.2) is 12.2 Å². The summed E-state index contributed by atoms with van der Waals surface area (Å²) in [5.41, 5.74) is 0. The average molecular weight is 408 g/mol. The Morgan fingerprint density at radius 3 is 1.77 bits per heavy atom. The van der Waals surface area contributed by atoms with Gasteiger partial charge < -0.3 is 9.84 Å². The van der Waals surface area contributed by atoms with Gasteiger partial charge in [0.15, 0.2) is 0 Å². The van der Waals surface area contributed by atoms with Crippen molar-refractivity contribution in [1.29, 1.82) is 0 Å². The summed E-state index contributed by atoms with van der Waals surface area (Å²) >= 11 is 4.24. The molecule has 0 saturated carbocycles. The van der Waals surface area contributed by atoms with Crippen molar-refractivity contribution >= 4 is 37.2 Å². The van der Waals surface area contributed by atoms with Gasteiger partial charge in [-0.25, -0.2) is 0 Å². The van der Waals surface area contributed by atoms with E-state index >= 15 is 0 Å². The van der Waals surface area contributed by atoms with Crippen LogP contribution >= 0.6 is 37.2 Å². The van der Waals surface area contributed by atoms with Crippen molar-refractivity contribution in [2.75, 3.05) is 7.11 Å². The molecule has 0 spiro atoms. The minimum atomic E-state index is 0.260. The van der Waals surface area contributed by atoms with Crippen LogP contribution in [0.1, 0.15) is 13.8 Å². The lowest BCUT2D eigenvalue weighted by molar-refractivity contribution is 0.412. The van der Waals surface area contributed by atoms with Crippen molar-refractivity contribution in [3.8, 4) is 11.5 Å². The Morgan fingerprint density at radius 1 is 1.08 bits per heavy atom. The van der Waals surface area contributed by atoms with Crippen LogP contribution in [0.2, 0.25) is 0 Å². The molecule has 0 aliphatic carbocycles. The summed E-state index contributed by atoms with van der Waals surface area (Å²) in [5.74, 6) is 1.02. The lowest BCUT2D eigenvalue weighted by atomic mass is 10.3. The molecular weight excluding hydrogens is 394 g/mol. The summed E-state index contributed by atoms with van der Waals surface area (Å²) in [4.78, 5) is 0. The van der Waals surface area contributed by atoms with Gasteiger partial charge in [0.1, 0.15) is 11.5 Å². The highest BCUT2D eigenvalue weighted by atomic mass is 128. The largest absolute Gasteiger partial charge is 0.508 e. The maximum atomic E-state index is 8.80. The Labute approximate surface area is 103 Å². The van der Waals surface area contributed by atoms with E-state index < -0.39 is 0 Å². The average Bonchev–Trinajstić information content (AvgIpc) is 2.25. The van der Waals surface area contributed by atoms with Crippen LogP contribution in [0.4, 0.5) is 0 Å². The van der Waals surface area contributed by atoms with E-state index in [9.17, 15) is 0 Å². The number of ether oxygens (including phenoxy) is 1. The van der Waals surface area contributed by atoms with Crippen LogP contribution in [-0.2, 0) is 0 Å². The second kappa shape index (κ2) is 12.3. The Morgan fingerprint density at radius 2 is 1.46 bits per heavy atom. The first-order valence-corrected chi connectivity index (χ1v) is 10.1. The lowest BCUT2D eigenvalue weighted by Gasteiger charge is -1.96. The molecule has 0 aliphatic heterocycles. The molecule has 0 saturated heterocycles. The Bertz CT molecular complexity index is 187. The van der Waals surface area contributed by atoms with Crippen LogP contribution < -0.4 is 4.74 Å². The standard InChI is InChI=1S/C7H8O2.C2H6.I2/c1-9-7-4-2-6(8)3-5-7;2*1-2/h2-5,8H,1H3;1-2H3;. The number of rotatable bonds is 1. The molecule has 4 heteroatoms. The molecule has 0 unspecified atom stereocenters. The summed E-state index contributed by atoms with van der Waals surface area (Å²) in [6.07, 6.45) is 0. The Hall–Kier alpha value is 0.280. The van der Waals surface area contributed by atoms with E-state index in [1.54, 1.807) is 31.4 Å². The monoisotopic (exact) mass is 408 g/mol. The van der Waals surface area contributed by atoms with Crippen LogP contribution in [0, 0.1) is 0 Å². The highest BCUT2D eigenvalue weighted by Crippen LogP contribution is 2.14. The maximum Gasteiger partial charge on any atom is 0.119 e. The fraction of sp³-hybridized carbons (Fsp3) is 0.333. The Balaban J connectivity index is 0. The SMILES string of the molecule is CC.COc1ccc(O)cc1.II. The van der Waals surface area contributed by atoms with Crippen molar-refractivity contribution in [3.05, 3.63) is 24.3 Å². The van der Waals surface area contributed by atoms with Gasteiger partial charge in [-0.15, -0.1) is 0 Å². The molecular formula is C9H14I2O2. The third-order valence-corrected chi connectivity index (χ3v) is 1.07. The van der Waals surface area contributed by atoms with Gasteiger partial charge in [-0.2, -0.15) is 0 Å². The minimum absolute atomic E-state index is 0.260. The normalized spacial score (nSPS) is 7.15. The molecule has 0 atom stereocenters. The second-order valence-electron chi connectivity index (χ2n) is 1.70. The number of aromatic hydroxyl groups is 1. The molecule has 1 N–H and O–H groups in total. The summed E-state index contributed by atoms with van der Waals surface area (Å²) < 4.78 is 4.86. The fourth-order valence-corrected chi connectivity index (χ4v) is 0.582. The van der Waals surface area contributed by atoms with E-state index in [0.29, 0.717) is 0 Å². The van der Waals surface area contributed by atoms with E-state index in [1.165, 1.54) is 0 Å². The first kappa shape index (κ1) is 15.7. The van der Waals surface area contributed by atoms with Crippen LogP contribution in [0.15, 0.2) is 24.3 Å². The van der Waals surface area contributed by atoms with Crippen molar-refractivity contribution in [3.63, 3.8) is 0 Å². The molecule has 0 heterocycles. The predicted octanol–water partition coefficient (Wildman–Crippen LogP) is 4.20. The molecule has 13 heavy (non-hydrogen) atoms. The smallest absolute Gasteiger partial charge is 0.119 e. The zero-order valence-electron chi connectivity index (χ0n) is 7.92. The van der Waals surface area contributed by atoms with Gasteiger partial charge in [0, 0.05) is 37.2 Å². The lowest BCUT2D eigenvalue weighted by Crippen LogP contribution is -1.79. The summed E-state index contributed by atoms with van der Waals surface area (Å²) in [7, 11) is 1.59. The van der Waals surface area contributed by atoms with Gasteiger partial charge >= 0.3 is 0 Å². The van der Waals surface area contributed by atoms with Crippen molar-refractivity contribution in [2.24, 2.45) is 0 Å².